The van der Waals surface area contributed by atoms with Gasteiger partial charge in [0.1, 0.15) is 0 Å². The highest BCUT2D eigenvalue weighted by molar-refractivity contribution is 6.18. The third-order valence-corrected chi connectivity index (χ3v) is 2.96. The van der Waals surface area contributed by atoms with Crippen molar-refractivity contribution in [1.29, 1.82) is 0 Å². The molecule has 0 spiro atoms. The number of nitrogens with one attached hydrogen (secondary N) is 2. The molecule has 86 valence electrons. The lowest BCUT2D eigenvalue weighted by Crippen LogP contribution is -2.30. The first-order chi connectivity index (χ1) is 7.81. The molecule has 0 atom stereocenters. The summed E-state index contributed by atoms with van der Waals surface area (Å²) in [5.41, 5.74) is 3.57. The van der Waals surface area contributed by atoms with E-state index in [2.05, 4.69) is 16.7 Å². The summed E-state index contributed by atoms with van der Waals surface area (Å²) in [6, 6.07) is 5.89. The van der Waals surface area contributed by atoms with E-state index in [9.17, 15) is 4.79 Å². The van der Waals surface area contributed by atoms with Gasteiger partial charge in [-0.05, 0) is 36.5 Å². The van der Waals surface area contributed by atoms with Crippen LogP contribution in [0.3, 0.4) is 0 Å². The smallest absolute Gasteiger partial charge is 0.319 e. The maximum Gasteiger partial charge on any atom is 0.319 e. The van der Waals surface area contributed by atoms with Crippen molar-refractivity contribution in [3.63, 3.8) is 0 Å². The fourth-order valence-corrected chi connectivity index (χ4v) is 2.16. The first-order valence-electron chi connectivity index (χ1n) is 5.53. The van der Waals surface area contributed by atoms with Crippen molar-refractivity contribution in [1.82, 2.24) is 5.32 Å². The Hall–Kier alpha value is -1.22. The van der Waals surface area contributed by atoms with Crippen molar-refractivity contribution in [2.45, 2.75) is 19.3 Å². The molecule has 0 aliphatic heterocycles. The minimum atomic E-state index is -0.180. The van der Waals surface area contributed by atoms with Crippen LogP contribution in [0.1, 0.15) is 17.5 Å². The number of carbonyl (C=O) groups excluding carboxylic acids is 1. The van der Waals surface area contributed by atoms with Crippen molar-refractivity contribution < 1.29 is 4.79 Å². The van der Waals surface area contributed by atoms with Gasteiger partial charge in [0.2, 0.25) is 0 Å². The Morgan fingerprint density at radius 3 is 3.06 bits per heavy atom. The zero-order valence-corrected chi connectivity index (χ0v) is 9.81. The number of fused-ring (bicyclic) bond motifs is 1. The molecule has 0 fully saturated rings. The van der Waals surface area contributed by atoms with Gasteiger partial charge in [0, 0.05) is 18.1 Å². The molecular weight excluding hydrogens is 224 g/mol. The van der Waals surface area contributed by atoms with Crippen LogP contribution in [0.2, 0.25) is 0 Å². The average Bonchev–Trinajstić information content (AvgIpc) is 2.75. The number of urea groups is 1. The van der Waals surface area contributed by atoms with E-state index in [0.29, 0.717) is 12.4 Å². The third-order valence-electron chi connectivity index (χ3n) is 2.77. The molecule has 0 saturated heterocycles. The standard InChI is InChI=1S/C12H15ClN2O/c13-7-8-14-12(16)15-11-6-2-4-9-3-1-5-10(9)11/h2,4,6H,1,3,5,7-8H2,(H2,14,15,16). The molecule has 0 heterocycles. The van der Waals surface area contributed by atoms with Gasteiger partial charge in [-0.25, -0.2) is 4.79 Å². The maximum absolute atomic E-state index is 11.5. The van der Waals surface area contributed by atoms with Crippen LogP contribution < -0.4 is 10.6 Å². The number of aryl methyl sites for hydroxylation is 1. The molecule has 0 unspecified atom stereocenters. The second-order valence-corrected chi connectivity index (χ2v) is 4.24. The van der Waals surface area contributed by atoms with Crippen molar-refractivity contribution in [3.8, 4) is 0 Å². The first-order valence-corrected chi connectivity index (χ1v) is 6.06. The van der Waals surface area contributed by atoms with E-state index in [-0.39, 0.29) is 6.03 Å². The van der Waals surface area contributed by atoms with Crippen LogP contribution in [-0.2, 0) is 12.8 Å². The molecule has 1 aliphatic carbocycles. The predicted molar refractivity (Wildman–Crippen MR) is 66.2 cm³/mol. The van der Waals surface area contributed by atoms with Gasteiger partial charge >= 0.3 is 6.03 Å². The number of benzene rings is 1. The van der Waals surface area contributed by atoms with Crippen LogP contribution in [0.15, 0.2) is 18.2 Å². The lowest BCUT2D eigenvalue weighted by atomic mass is 10.1. The molecular formula is C12H15ClN2O. The summed E-state index contributed by atoms with van der Waals surface area (Å²) in [6.45, 7) is 0.489. The average molecular weight is 239 g/mol. The molecule has 2 N–H and O–H groups in total. The highest BCUT2D eigenvalue weighted by Gasteiger charge is 2.15. The topological polar surface area (TPSA) is 41.1 Å². The largest absolute Gasteiger partial charge is 0.337 e. The summed E-state index contributed by atoms with van der Waals surface area (Å²) in [7, 11) is 0. The third kappa shape index (κ3) is 2.47. The zero-order valence-electron chi connectivity index (χ0n) is 9.05. The molecule has 3 nitrogen and oxygen atoms in total. The van der Waals surface area contributed by atoms with Crippen LogP contribution in [-0.4, -0.2) is 18.5 Å². The van der Waals surface area contributed by atoms with Crippen LogP contribution in [0.5, 0.6) is 0 Å². The van der Waals surface area contributed by atoms with Crippen molar-refractivity contribution in [2.24, 2.45) is 0 Å². The van der Waals surface area contributed by atoms with Crippen molar-refractivity contribution >= 4 is 23.3 Å². The summed E-state index contributed by atoms with van der Waals surface area (Å²) in [5.74, 6) is 0.431. The minimum absolute atomic E-state index is 0.180. The number of carbonyl (C=O) groups is 1. The number of halogens is 1. The van der Waals surface area contributed by atoms with E-state index in [1.54, 1.807) is 0 Å². The molecule has 1 aromatic carbocycles. The molecule has 2 rings (SSSR count). The Morgan fingerprint density at radius 2 is 2.25 bits per heavy atom. The van der Waals surface area contributed by atoms with Gasteiger partial charge in [-0.2, -0.15) is 0 Å². The quantitative estimate of drug-likeness (QED) is 0.781. The zero-order chi connectivity index (χ0) is 11.4. The van der Waals surface area contributed by atoms with Crippen LogP contribution in [0, 0.1) is 0 Å². The molecule has 0 saturated carbocycles. The van der Waals surface area contributed by atoms with E-state index in [1.165, 1.54) is 17.5 Å². The van der Waals surface area contributed by atoms with Gasteiger partial charge in [-0.3, -0.25) is 0 Å². The highest BCUT2D eigenvalue weighted by atomic mass is 35.5. The molecule has 4 heteroatoms. The monoisotopic (exact) mass is 238 g/mol. The number of hydrogen-bond donors (Lipinski definition) is 2. The second-order valence-electron chi connectivity index (χ2n) is 3.87. The number of hydrogen-bond acceptors (Lipinski definition) is 1. The molecule has 2 amide bonds. The van der Waals surface area contributed by atoms with E-state index in [1.807, 2.05) is 12.1 Å². The Bertz CT molecular complexity index is 393. The summed E-state index contributed by atoms with van der Waals surface area (Å²) in [6.07, 6.45) is 3.35. The fourth-order valence-electron chi connectivity index (χ4n) is 2.06. The highest BCUT2D eigenvalue weighted by Crippen LogP contribution is 2.28. The van der Waals surface area contributed by atoms with E-state index >= 15 is 0 Å². The van der Waals surface area contributed by atoms with Crippen LogP contribution in [0.4, 0.5) is 10.5 Å². The van der Waals surface area contributed by atoms with Crippen molar-refractivity contribution in [3.05, 3.63) is 29.3 Å². The maximum atomic E-state index is 11.5. The Morgan fingerprint density at radius 1 is 1.38 bits per heavy atom. The molecule has 1 aliphatic rings. The van der Waals surface area contributed by atoms with E-state index < -0.39 is 0 Å². The summed E-state index contributed by atoms with van der Waals surface area (Å²) >= 11 is 5.50. The number of anilines is 1. The lowest BCUT2D eigenvalue weighted by Gasteiger charge is -2.10. The van der Waals surface area contributed by atoms with Gasteiger partial charge in [-0.1, -0.05) is 12.1 Å². The normalized spacial score (nSPS) is 13.3. The van der Waals surface area contributed by atoms with Gasteiger partial charge in [-0.15, -0.1) is 11.6 Å². The lowest BCUT2D eigenvalue weighted by molar-refractivity contribution is 0.252. The predicted octanol–water partition coefficient (Wildman–Crippen LogP) is 2.54. The number of amides is 2. The van der Waals surface area contributed by atoms with Crippen LogP contribution in [0.25, 0.3) is 0 Å². The molecule has 0 aromatic heterocycles. The fraction of sp³-hybridized carbons (Fsp3) is 0.417. The second kappa shape index (κ2) is 5.21. The van der Waals surface area contributed by atoms with Gasteiger partial charge in [0.25, 0.3) is 0 Å². The Labute approximate surface area is 100 Å². The Kier molecular flexibility index (Phi) is 3.67. The summed E-state index contributed by atoms with van der Waals surface area (Å²) < 4.78 is 0. The SMILES string of the molecule is O=C(NCCCl)Nc1cccc2c1CCC2. The van der Waals surface area contributed by atoms with Gasteiger partial charge in [0.15, 0.2) is 0 Å². The first kappa shape index (κ1) is 11.3. The summed E-state index contributed by atoms with van der Waals surface area (Å²) in [4.78, 5) is 11.5. The molecule has 1 aromatic rings. The van der Waals surface area contributed by atoms with Crippen molar-refractivity contribution in [2.75, 3.05) is 17.7 Å². The van der Waals surface area contributed by atoms with E-state index in [4.69, 9.17) is 11.6 Å². The Balaban J connectivity index is 2.04. The summed E-state index contributed by atoms with van der Waals surface area (Å²) in [5, 5.41) is 5.56. The minimum Gasteiger partial charge on any atom is -0.337 e. The molecule has 0 bridgehead atoms. The van der Waals surface area contributed by atoms with Gasteiger partial charge in [0.05, 0.1) is 0 Å². The number of rotatable bonds is 3. The van der Waals surface area contributed by atoms with Gasteiger partial charge < -0.3 is 10.6 Å². The molecule has 16 heavy (non-hydrogen) atoms. The van der Waals surface area contributed by atoms with Crippen LogP contribution >= 0.6 is 11.6 Å². The number of alkyl halides is 1. The molecule has 0 radical (unpaired) electrons. The van der Waals surface area contributed by atoms with E-state index in [0.717, 1.165) is 18.5 Å².